The highest BCUT2D eigenvalue weighted by atomic mass is 32.2. The summed E-state index contributed by atoms with van der Waals surface area (Å²) in [5.41, 5.74) is 2.37. The van der Waals surface area contributed by atoms with Crippen molar-refractivity contribution >= 4 is 26.9 Å². The molecule has 1 aromatic carbocycles. The highest BCUT2D eigenvalue weighted by Crippen LogP contribution is 2.35. The highest BCUT2D eigenvalue weighted by Gasteiger charge is 2.30. The molecule has 2 heterocycles. The third-order valence-corrected chi connectivity index (χ3v) is 7.16. The summed E-state index contributed by atoms with van der Waals surface area (Å²) in [4.78, 5) is 14.8. The lowest BCUT2D eigenvalue weighted by atomic mass is 10.0. The van der Waals surface area contributed by atoms with Crippen LogP contribution in [0.2, 0.25) is 0 Å². The monoisotopic (exact) mass is 408 g/mol. The van der Waals surface area contributed by atoms with Gasteiger partial charge in [-0.1, -0.05) is 6.92 Å². The Balaban J connectivity index is 2.17. The Kier molecular flexibility index (Phi) is 5.84. The fraction of sp³-hybridized carbons (Fsp3) is 0.550. The second kappa shape index (κ2) is 7.85. The molecule has 154 valence electrons. The number of carbonyl (C=O) groups is 1. The van der Waals surface area contributed by atoms with Crippen molar-refractivity contribution in [2.45, 2.75) is 52.0 Å². The minimum Gasteiger partial charge on any atom is -0.449 e. The molecule has 1 amide bonds. The predicted molar refractivity (Wildman–Crippen MR) is 107 cm³/mol. The van der Waals surface area contributed by atoms with E-state index in [9.17, 15) is 13.2 Å². The molecule has 0 bridgehead atoms. The SMILES string of the molecule is CC[C@H](C)NS(=O)(=O)c1c(C)c(C)cc2c(C)c(C(=O)N3CCOCC3)oc12. The van der Waals surface area contributed by atoms with Gasteiger partial charge in [-0.15, -0.1) is 0 Å². The normalized spacial score (nSPS) is 16.5. The van der Waals surface area contributed by atoms with Crippen LogP contribution >= 0.6 is 0 Å². The highest BCUT2D eigenvalue weighted by molar-refractivity contribution is 7.89. The van der Waals surface area contributed by atoms with Crippen LogP contribution in [-0.4, -0.2) is 51.6 Å². The Morgan fingerprint density at radius 3 is 2.46 bits per heavy atom. The summed E-state index contributed by atoms with van der Waals surface area (Å²) in [6.07, 6.45) is 0.672. The fourth-order valence-corrected chi connectivity index (χ4v) is 5.16. The average Bonchev–Trinajstić information content (AvgIpc) is 2.98. The van der Waals surface area contributed by atoms with Crippen LogP contribution in [0.5, 0.6) is 0 Å². The van der Waals surface area contributed by atoms with Crippen LogP contribution in [0.4, 0.5) is 0 Å². The van der Waals surface area contributed by atoms with Crippen molar-refractivity contribution in [2.24, 2.45) is 0 Å². The number of hydrogen-bond donors (Lipinski definition) is 1. The molecular formula is C20H28N2O5S. The predicted octanol–water partition coefficient (Wildman–Crippen LogP) is 2.91. The number of amides is 1. The number of hydrogen-bond acceptors (Lipinski definition) is 5. The van der Waals surface area contributed by atoms with E-state index in [0.717, 1.165) is 5.56 Å². The number of carbonyl (C=O) groups excluding carboxylic acids is 1. The zero-order valence-electron chi connectivity index (χ0n) is 17.1. The van der Waals surface area contributed by atoms with E-state index in [0.29, 0.717) is 49.2 Å². The number of aryl methyl sites for hydroxylation is 2. The molecule has 1 fully saturated rings. The first-order valence-corrected chi connectivity index (χ1v) is 11.1. The maximum Gasteiger partial charge on any atom is 0.290 e. The number of nitrogens with zero attached hydrogens (tertiary/aromatic N) is 1. The molecule has 8 heteroatoms. The third kappa shape index (κ3) is 3.68. The van der Waals surface area contributed by atoms with E-state index in [4.69, 9.17) is 9.15 Å². The van der Waals surface area contributed by atoms with E-state index < -0.39 is 10.0 Å². The smallest absolute Gasteiger partial charge is 0.290 e. The summed E-state index contributed by atoms with van der Waals surface area (Å²) in [7, 11) is -3.79. The van der Waals surface area contributed by atoms with E-state index in [-0.39, 0.29) is 28.2 Å². The largest absolute Gasteiger partial charge is 0.449 e. The Morgan fingerprint density at radius 1 is 1.21 bits per heavy atom. The first-order chi connectivity index (χ1) is 13.2. The van der Waals surface area contributed by atoms with E-state index in [1.165, 1.54) is 0 Å². The topological polar surface area (TPSA) is 88.9 Å². The van der Waals surface area contributed by atoms with E-state index in [2.05, 4.69) is 4.72 Å². The minimum atomic E-state index is -3.79. The summed E-state index contributed by atoms with van der Waals surface area (Å²) < 4.78 is 40.1. The molecule has 2 aromatic rings. The first kappa shape index (κ1) is 20.8. The van der Waals surface area contributed by atoms with Gasteiger partial charge in [0.15, 0.2) is 11.3 Å². The van der Waals surface area contributed by atoms with Crippen LogP contribution in [0, 0.1) is 20.8 Å². The van der Waals surface area contributed by atoms with E-state index in [1.807, 2.05) is 26.8 Å². The molecule has 0 aliphatic carbocycles. The molecule has 28 heavy (non-hydrogen) atoms. The fourth-order valence-electron chi connectivity index (χ4n) is 3.39. The standard InChI is InChI=1S/C20H28N2O5S/c1-6-13(3)21-28(24,25)19-14(4)12(2)11-16-15(5)17(27-18(16)19)20(23)22-7-9-26-10-8-22/h11,13,21H,6-10H2,1-5H3/t13-/m0/s1. The molecule has 3 rings (SSSR count). The van der Waals surface area contributed by atoms with Gasteiger partial charge in [0.1, 0.15) is 4.90 Å². The van der Waals surface area contributed by atoms with Gasteiger partial charge in [0, 0.05) is 30.1 Å². The molecule has 1 saturated heterocycles. The van der Waals surface area contributed by atoms with Crippen LogP contribution in [-0.2, 0) is 14.8 Å². The Morgan fingerprint density at radius 2 is 1.86 bits per heavy atom. The molecule has 7 nitrogen and oxygen atoms in total. The molecule has 1 N–H and O–H groups in total. The molecule has 0 spiro atoms. The molecule has 0 unspecified atom stereocenters. The van der Waals surface area contributed by atoms with Gasteiger partial charge >= 0.3 is 0 Å². The number of benzene rings is 1. The van der Waals surface area contributed by atoms with Crippen LogP contribution in [0.3, 0.4) is 0 Å². The van der Waals surface area contributed by atoms with Crippen molar-refractivity contribution in [1.82, 2.24) is 9.62 Å². The lowest BCUT2D eigenvalue weighted by Crippen LogP contribution is -2.40. The molecule has 1 aliphatic heterocycles. The van der Waals surface area contributed by atoms with Gasteiger partial charge in [-0.05, 0) is 51.3 Å². The average molecular weight is 409 g/mol. The lowest BCUT2D eigenvalue weighted by Gasteiger charge is -2.26. The molecule has 1 aliphatic rings. The minimum absolute atomic E-state index is 0.118. The van der Waals surface area contributed by atoms with Gasteiger partial charge in [-0.2, -0.15) is 0 Å². The van der Waals surface area contributed by atoms with Gasteiger partial charge in [0.25, 0.3) is 5.91 Å². The quantitative estimate of drug-likeness (QED) is 0.822. The molecule has 0 radical (unpaired) electrons. The van der Waals surface area contributed by atoms with Gasteiger partial charge in [0.05, 0.1) is 13.2 Å². The number of sulfonamides is 1. The Bertz CT molecular complexity index is 1000. The summed E-state index contributed by atoms with van der Waals surface area (Å²) in [5.74, 6) is -0.0348. The van der Waals surface area contributed by atoms with Crippen LogP contribution < -0.4 is 4.72 Å². The number of rotatable bonds is 5. The second-order valence-electron chi connectivity index (χ2n) is 7.42. The molecular weight excluding hydrogens is 380 g/mol. The number of ether oxygens (including phenoxy) is 1. The summed E-state index contributed by atoms with van der Waals surface area (Å²) in [5, 5.41) is 0.657. The second-order valence-corrected chi connectivity index (χ2v) is 9.07. The van der Waals surface area contributed by atoms with Gasteiger partial charge in [-0.25, -0.2) is 13.1 Å². The molecule has 1 atom stereocenters. The van der Waals surface area contributed by atoms with Crippen molar-refractivity contribution in [1.29, 1.82) is 0 Å². The van der Waals surface area contributed by atoms with Crippen molar-refractivity contribution in [3.8, 4) is 0 Å². The number of fused-ring (bicyclic) bond motifs is 1. The van der Waals surface area contributed by atoms with Crippen LogP contribution in [0.25, 0.3) is 11.0 Å². The van der Waals surface area contributed by atoms with Gasteiger partial charge < -0.3 is 14.1 Å². The summed E-state index contributed by atoms with van der Waals surface area (Å²) >= 11 is 0. The van der Waals surface area contributed by atoms with Crippen molar-refractivity contribution in [3.05, 3.63) is 28.5 Å². The number of morpholine rings is 1. The zero-order chi connectivity index (χ0) is 20.6. The molecule has 1 aromatic heterocycles. The van der Waals surface area contributed by atoms with Crippen molar-refractivity contribution in [2.75, 3.05) is 26.3 Å². The zero-order valence-corrected chi connectivity index (χ0v) is 17.9. The first-order valence-electron chi connectivity index (χ1n) is 9.60. The number of furan rings is 1. The molecule has 0 saturated carbocycles. The van der Waals surface area contributed by atoms with Crippen LogP contribution in [0.1, 0.15) is 47.5 Å². The maximum absolute atomic E-state index is 13.1. The van der Waals surface area contributed by atoms with Gasteiger partial charge in [-0.3, -0.25) is 4.79 Å². The summed E-state index contributed by atoms with van der Waals surface area (Å²) in [6, 6.07) is 1.69. The van der Waals surface area contributed by atoms with E-state index >= 15 is 0 Å². The Hall–Kier alpha value is -1.90. The van der Waals surface area contributed by atoms with Crippen molar-refractivity contribution < 1.29 is 22.4 Å². The van der Waals surface area contributed by atoms with E-state index in [1.54, 1.807) is 18.7 Å². The summed E-state index contributed by atoms with van der Waals surface area (Å²) in [6.45, 7) is 11.1. The maximum atomic E-state index is 13.1. The van der Waals surface area contributed by atoms with Crippen molar-refractivity contribution in [3.63, 3.8) is 0 Å². The lowest BCUT2D eigenvalue weighted by molar-refractivity contribution is 0.0283. The third-order valence-electron chi connectivity index (χ3n) is 5.42. The number of nitrogens with one attached hydrogen (secondary N) is 1. The Labute approximate surface area is 166 Å². The van der Waals surface area contributed by atoms with Gasteiger partial charge in [0.2, 0.25) is 10.0 Å². The van der Waals surface area contributed by atoms with Crippen LogP contribution in [0.15, 0.2) is 15.4 Å².